The van der Waals surface area contributed by atoms with Gasteiger partial charge in [-0.2, -0.15) is 0 Å². The van der Waals surface area contributed by atoms with Crippen molar-refractivity contribution in [3.05, 3.63) is 33.7 Å². The highest BCUT2D eigenvalue weighted by Gasteiger charge is 2.10. The maximum atomic E-state index is 10.9. The summed E-state index contributed by atoms with van der Waals surface area (Å²) in [5.74, 6) is -0.642. The van der Waals surface area contributed by atoms with E-state index >= 15 is 0 Å². The second kappa shape index (κ2) is 3.68. The Bertz CT molecular complexity index is 434. The van der Waals surface area contributed by atoms with E-state index in [1.807, 2.05) is 0 Å². The monoisotopic (exact) mass is 191 g/mol. The molecular weight excluding hydrogens is 182 g/mol. The van der Waals surface area contributed by atoms with Gasteiger partial charge in [-0.05, 0) is 24.1 Å². The summed E-state index contributed by atoms with van der Waals surface area (Å²) >= 11 is 0. The molecule has 0 spiro atoms. The van der Waals surface area contributed by atoms with Gasteiger partial charge in [0.15, 0.2) is 0 Å². The maximum absolute atomic E-state index is 10.9. The standard InChI is InChI=1S/C8H9N5O/c1-4-2-3-5(8(10)14)6(9)7(4)12-13-11/h2-3H,9H2,1H3,(H2,10,14). The minimum absolute atomic E-state index is 0.121. The van der Waals surface area contributed by atoms with E-state index < -0.39 is 5.91 Å². The first-order valence-electron chi connectivity index (χ1n) is 3.82. The van der Waals surface area contributed by atoms with E-state index in [2.05, 4.69) is 10.0 Å². The van der Waals surface area contributed by atoms with Crippen LogP contribution in [0.1, 0.15) is 15.9 Å². The lowest BCUT2D eigenvalue weighted by atomic mass is 10.1. The first-order valence-corrected chi connectivity index (χ1v) is 3.82. The second-order valence-corrected chi connectivity index (χ2v) is 2.75. The van der Waals surface area contributed by atoms with Crippen LogP contribution in [0, 0.1) is 6.92 Å². The minimum atomic E-state index is -0.642. The zero-order valence-corrected chi connectivity index (χ0v) is 7.56. The van der Waals surface area contributed by atoms with E-state index in [9.17, 15) is 4.79 Å². The van der Waals surface area contributed by atoms with Gasteiger partial charge in [0.2, 0.25) is 0 Å². The Balaban J connectivity index is 3.48. The van der Waals surface area contributed by atoms with Gasteiger partial charge in [-0.3, -0.25) is 4.79 Å². The van der Waals surface area contributed by atoms with Crippen molar-refractivity contribution in [3.8, 4) is 0 Å². The summed E-state index contributed by atoms with van der Waals surface area (Å²) in [6.07, 6.45) is 0. The average Bonchev–Trinajstić information content (AvgIpc) is 2.11. The molecule has 14 heavy (non-hydrogen) atoms. The van der Waals surface area contributed by atoms with Gasteiger partial charge in [-0.25, -0.2) is 0 Å². The zero-order valence-electron chi connectivity index (χ0n) is 7.56. The van der Waals surface area contributed by atoms with Gasteiger partial charge < -0.3 is 11.5 Å². The molecule has 0 heterocycles. The fraction of sp³-hybridized carbons (Fsp3) is 0.125. The summed E-state index contributed by atoms with van der Waals surface area (Å²) in [5.41, 5.74) is 20.2. The van der Waals surface area contributed by atoms with E-state index in [1.54, 1.807) is 13.0 Å². The van der Waals surface area contributed by atoms with Crippen molar-refractivity contribution in [1.82, 2.24) is 0 Å². The van der Waals surface area contributed by atoms with Gasteiger partial charge >= 0.3 is 0 Å². The topological polar surface area (TPSA) is 118 Å². The van der Waals surface area contributed by atoms with Gasteiger partial charge in [0, 0.05) is 4.91 Å². The number of carbonyl (C=O) groups is 1. The number of aryl methyl sites for hydroxylation is 1. The van der Waals surface area contributed by atoms with Crippen LogP contribution in [0.5, 0.6) is 0 Å². The van der Waals surface area contributed by atoms with Gasteiger partial charge in [-0.1, -0.05) is 11.2 Å². The Morgan fingerprint density at radius 3 is 2.71 bits per heavy atom. The van der Waals surface area contributed by atoms with Crippen LogP contribution in [0.2, 0.25) is 0 Å². The van der Waals surface area contributed by atoms with Gasteiger partial charge in [0.05, 0.1) is 16.9 Å². The molecule has 1 rings (SSSR count). The molecule has 1 amide bonds. The zero-order chi connectivity index (χ0) is 10.7. The summed E-state index contributed by atoms with van der Waals surface area (Å²) in [4.78, 5) is 13.5. The summed E-state index contributed by atoms with van der Waals surface area (Å²) in [6.45, 7) is 1.73. The number of azide groups is 1. The molecule has 6 nitrogen and oxygen atoms in total. The highest BCUT2D eigenvalue weighted by atomic mass is 16.1. The molecule has 1 aromatic rings. The maximum Gasteiger partial charge on any atom is 0.250 e. The Hall–Kier alpha value is -2.20. The quantitative estimate of drug-likeness (QED) is 0.319. The molecule has 0 unspecified atom stereocenters. The lowest BCUT2D eigenvalue weighted by Gasteiger charge is -2.06. The molecule has 0 saturated carbocycles. The van der Waals surface area contributed by atoms with Crippen LogP contribution in [0.25, 0.3) is 10.4 Å². The van der Waals surface area contributed by atoms with Crippen molar-refractivity contribution < 1.29 is 4.79 Å². The predicted molar refractivity (Wildman–Crippen MR) is 52.9 cm³/mol. The van der Waals surface area contributed by atoms with E-state index in [1.165, 1.54) is 6.07 Å². The molecule has 1 aromatic carbocycles. The van der Waals surface area contributed by atoms with Crippen molar-refractivity contribution >= 4 is 17.3 Å². The van der Waals surface area contributed by atoms with Crippen molar-refractivity contribution in [2.24, 2.45) is 10.8 Å². The van der Waals surface area contributed by atoms with Gasteiger partial charge in [-0.15, -0.1) is 0 Å². The fourth-order valence-corrected chi connectivity index (χ4v) is 1.11. The van der Waals surface area contributed by atoms with Gasteiger partial charge in [0.1, 0.15) is 0 Å². The molecule has 0 aliphatic heterocycles. The van der Waals surface area contributed by atoms with E-state index in [0.717, 1.165) is 0 Å². The molecular formula is C8H9N5O. The molecule has 0 radical (unpaired) electrons. The van der Waals surface area contributed by atoms with E-state index in [0.29, 0.717) is 5.56 Å². The molecule has 6 heteroatoms. The lowest BCUT2D eigenvalue weighted by molar-refractivity contribution is 0.100. The highest BCUT2D eigenvalue weighted by molar-refractivity contribution is 6.00. The Morgan fingerprint density at radius 2 is 2.21 bits per heavy atom. The lowest BCUT2D eigenvalue weighted by Crippen LogP contribution is -2.13. The minimum Gasteiger partial charge on any atom is -0.398 e. The summed E-state index contributed by atoms with van der Waals surface area (Å²) in [7, 11) is 0. The number of rotatable bonds is 2. The number of primary amides is 1. The molecule has 0 aliphatic carbocycles. The molecule has 72 valence electrons. The smallest absolute Gasteiger partial charge is 0.250 e. The third-order valence-corrected chi connectivity index (χ3v) is 1.83. The van der Waals surface area contributed by atoms with Crippen LogP contribution in [0.3, 0.4) is 0 Å². The number of nitrogens with zero attached hydrogens (tertiary/aromatic N) is 3. The number of nitrogens with two attached hydrogens (primary N) is 2. The van der Waals surface area contributed by atoms with E-state index in [-0.39, 0.29) is 16.9 Å². The van der Waals surface area contributed by atoms with Crippen LogP contribution in [-0.4, -0.2) is 5.91 Å². The van der Waals surface area contributed by atoms with E-state index in [4.69, 9.17) is 17.0 Å². The molecule has 0 atom stereocenters. The molecule has 0 saturated heterocycles. The summed E-state index contributed by atoms with van der Waals surface area (Å²) < 4.78 is 0. The molecule has 0 aromatic heterocycles. The van der Waals surface area contributed by atoms with Crippen molar-refractivity contribution in [1.29, 1.82) is 0 Å². The van der Waals surface area contributed by atoms with Crippen molar-refractivity contribution in [3.63, 3.8) is 0 Å². The number of hydrogen-bond acceptors (Lipinski definition) is 3. The molecule has 4 N–H and O–H groups in total. The SMILES string of the molecule is Cc1ccc(C(N)=O)c(N)c1N=[N+]=[N-]. The van der Waals surface area contributed by atoms with Crippen molar-refractivity contribution in [2.45, 2.75) is 6.92 Å². The predicted octanol–water partition coefficient (Wildman–Crippen LogP) is 1.62. The van der Waals surface area contributed by atoms with Crippen LogP contribution >= 0.6 is 0 Å². The van der Waals surface area contributed by atoms with Crippen LogP contribution in [-0.2, 0) is 0 Å². The number of nitrogen functional groups attached to an aromatic ring is 1. The Morgan fingerprint density at radius 1 is 1.57 bits per heavy atom. The van der Waals surface area contributed by atoms with Crippen molar-refractivity contribution in [2.75, 3.05) is 5.73 Å². The summed E-state index contributed by atoms with van der Waals surface area (Å²) in [5, 5.41) is 3.40. The number of carbonyl (C=O) groups excluding carboxylic acids is 1. The largest absolute Gasteiger partial charge is 0.398 e. The summed E-state index contributed by atoms with van der Waals surface area (Å²) in [6, 6.07) is 3.13. The Labute approximate surface area is 80.1 Å². The Kier molecular flexibility index (Phi) is 2.59. The van der Waals surface area contributed by atoms with Gasteiger partial charge in [0.25, 0.3) is 5.91 Å². The van der Waals surface area contributed by atoms with Crippen LogP contribution in [0.4, 0.5) is 11.4 Å². The molecule has 0 fully saturated rings. The third-order valence-electron chi connectivity index (χ3n) is 1.83. The number of hydrogen-bond donors (Lipinski definition) is 2. The first-order chi connectivity index (χ1) is 6.57. The highest BCUT2D eigenvalue weighted by Crippen LogP contribution is 2.29. The first kappa shape index (κ1) is 9.88. The number of anilines is 1. The average molecular weight is 191 g/mol. The molecule has 0 bridgehead atoms. The molecule has 0 aliphatic rings. The van der Waals surface area contributed by atoms with Crippen LogP contribution < -0.4 is 11.5 Å². The number of amides is 1. The third kappa shape index (κ3) is 1.60. The second-order valence-electron chi connectivity index (χ2n) is 2.75. The fourth-order valence-electron chi connectivity index (χ4n) is 1.11. The van der Waals surface area contributed by atoms with Crippen LogP contribution in [0.15, 0.2) is 17.2 Å². The number of benzene rings is 1. The normalized spacial score (nSPS) is 9.21.